The zero-order valence-corrected chi connectivity index (χ0v) is 16.3. The number of hydrogen-bond acceptors (Lipinski definition) is 3. The lowest BCUT2D eigenvalue weighted by molar-refractivity contribution is -0.0887. The van der Waals surface area contributed by atoms with E-state index in [1.807, 2.05) is 41.3 Å². The van der Waals surface area contributed by atoms with Gasteiger partial charge in [0.15, 0.2) is 0 Å². The van der Waals surface area contributed by atoms with E-state index in [0.29, 0.717) is 25.2 Å². The predicted molar refractivity (Wildman–Crippen MR) is 105 cm³/mol. The van der Waals surface area contributed by atoms with Crippen LogP contribution in [0.5, 0.6) is 0 Å². The molecule has 2 aliphatic rings. The summed E-state index contributed by atoms with van der Waals surface area (Å²) in [6, 6.07) is 11.8. The number of aliphatic hydroxyl groups is 1. The van der Waals surface area contributed by atoms with Crippen LogP contribution < -0.4 is 0 Å². The van der Waals surface area contributed by atoms with E-state index in [4.69, 9.17) is 5.10 Å². The predicted octanol–water partition coefficient (Wildman–Crippen LogP) is 3.76. The quantitative estimate of drug-likeness (QED) is 0.898. The molecule has 1 amide bonds. The van der Waals surface area contributed by atoms with Gasteiger partial charge in [0.25, 0.3) is 5.91 Å². The largest absolute Gasteiger partial charge is 0.389 e. The molecule has 1 N–H and O–H groups in total. The minimum atomic E-state index is -0.572. The average Bonchev–Trinajstić information content (AvgIpc) is 3.13. The Hall–Kier alpha value is -2.14. The maximum Gasteiger partial charge on any atom is 0.272 e. The molecule has 2 atom stereocenters. The first-order chi connectivity index (χ1) is 13.0. The molecule has 0 bridgehead atoms. The molecule has 144 valence electrons. The van der Waals surface area contributed by atoms with Crippen molar-refractivity contribution in [3.8, 4) is 5.69 Å². The molecule has 0 spiro atoms. The Morgan fingerprint density at radius 2 is 2.00 bits per heavy atom. The van der Waals surface area contributed by atoms with Crippen LogP contribution in [-0.4, -0.2) is 44.4 Å². The van der Waals surface area contributed by atoms with Crippen LogP contribution in [0.15, 0.2) is 36.4 Å². The molecule has 0 radical (unpaired) electrons. The van der Waals surface area contributed by atoms with Gasteiger partial charge in [-0.2, -0.15) is 5.10 Å². The van der Waals surface area contributed by atoms with Gasteiger partial charge in [-0.1, -0.05) is 44.9 Å². The molecule has 2 fully saturated rings. The number of hydrogen-bond donors (Lipinski definition) is 1. The molecule has 5 heteroatoms. The third-order valence-corrected chi connectivity index (χ3v) is 6.25. The highest BCUT2D eigenvalue weighted by Crippen LogP contribution is 2.40. The van der Waals surface area contributed by atoms with Crippen molar-refractivity contribution in [2.75, 3.05) is 13.1 Å². The van der Waals surface area contributed by atoms with Gasteiger partial charge in [0.1, 0.15) is 5.69 Å². The second-order valence-corrected chi connectivity index (χ2v) is 8.40. The number of carbonyl (C=O) groups excluding carboxylic acids is 1. The van der Waals surface area contributed by atoms with E-state index in [0.717, 1.165) is 37.1 Å². The third-order valence-electron chi connectivity index (χ3n) is 6.25. The maximum absolute atomic E-state index is 13.4. The van der Waals surface area contributed by atoms with Crippen molar-refractivity contribution < 1.29 is 9.90 Å². The summed E-state index contributed by atoms with van der Waals surface area (Å²) in [5.41, 5.74) is 1.87. The van der Waals surface area contributed by atoms with Crippen LogP contribution in [0.25, 0.3) is 5.69 Å². The lowest BCUT2D eigenvalue weighted by Gasteiger charge is -2.47. The SMILES string of the molecule is CC(C)c1cc(C(=O)N2CC[C@]3(O)CCCC[C@H]3C2)n(-c2ccccc2)n1. The Balaban J connectivity index is 1.64. The number of carbonyl (C=O) groups is 1. The van der Waals surface area contributed by atoms with Crippen molar-refractivity contribution in [1.82, 2.24) is 14.7 Å². The Labute approximate surface area is 161 Å². The van der Waals surface area contributed by atoms with Gasteiger partial charge in [-0.05, 0) is 43.4 Å². The highest BCUT2D eigenvalue weighted by atomic mass is 16.3. The molecule has 4 rings (SSSR count). The van der Waals surface area contributed by atoms with Crippen LogP contribution in [0.1, 0.15) is 68.1 Å². The second kappa shape index (κ2) is 7.12. The van der Waals surface area contributed by atoms with E-state index in [-0.39, 0.29) is 17.7 Å². The standard InChI is InChI=1S/C22H29N3O2/c1-16(2)19-14-20(25(23-19)18-9-4-3-5-10-18)21(26)24-13-12-22(27)11-7-6-8-17(22)15-24/h3-5,9-10,14,16-17,27H,6-8,11-13,15H2,1-2H3/t17-,22+/m0/s1. The van der Waals surface area contributed by atoms with E-state index in [1.54, 1.807) is 4.68 Å². The van der Waals surface area contributed by atoms with Gasteiger partial charge in [0, 0.05) is 19.0 Å². The van der Waals surface area contributed by atoms with Crippen LogP contribution >= 0.6 is 0 Å². The van der Waals surface area contributed by atoms with Crippen molar-refractivity contribution in [1.29, 1.82) is 0 Å². The molecule has 1 saturated carbocycles. The molecular formula is C22H29N3O2. The number of amides is 1. The lowest BCUT2D eigenvalue weighted by Crippen LogP contribution is -2.54. The number of aromatic nitrogens is 2. The van der Waals surface area contributed by atoms with Crippen molar-refractivity contribution in [3.63, 3.8) is 0 Å². The number of benzene rings is 1. The van der Waals surface area contributed by atoms with Crippen LogP contribution in [-0.2, 0) is 0 Å². The number of rotatable bonds is 3. The van der Waals surface area contributed by atoms with Gasteiger partial charge in [-0.25, -0.2) is 4.68 Å². The summed E-state index contributed by atoms with van der Waals surface area (Å²) in [6.45, 7) is 5.44. The number of fused-ring (bicyclic) bond motifs is 1. The molecule has 27 heavy (non-hydrogen) atoms. The minimum Gasteiger partial charge on any atom is -0.389 e. The van der Waals surface area contributed by atoms with E-state index in [9.17, 15) is 9.90 Å². The van der Waals surface area contributed by atoms with E-state index in [1.165, 1.54) is 0 Å². The van der Waals surface area contributed by atoms with Gasteiger partial charge >= 0.3 is 0 Å². The zero-order valence-electron chi connectivity index (χ0n) is 16.3. The van der Waals surface area contributed by atoms with E-state index < -0.39 is 5.60 Å². The van der Waals surface area contributed by atoms with Crippen LogP contribution in [0.4, 0.5) is 0 Å². The molecule has 1 aromatic carbocycles. The lowest BCUT2D eigenvalue weighted by atomic mass is 9.71. The molecule has 1 aliphatic carbocycles. The van der Waals surface area contributed by atoms with Crippen molar-refractivity contribution in [3.05, 3.63) is 47.8 Å². The van der Waals surface area contributed by atoms with Crippen molar-refractivity contribution in [2.24, 2.45) is 5.92 Å². The maximum atomic E-state index is 13.4. The smallest absolute Gasteiger partial charge is 0.272 e. The number of nitrogens with zero attached hydrogens (tertiary/aromatic N) is 3. The zero-order chi connectivity index (χ0) is 19.0. The fourth-order valence-electron chi connectivity index (χ4n) is 4.52. The van der Waals surface area contributed by atoms with Crippen LogP contribution in [0.2, 0.25) is 0 Å². The fraction of sp³-hybridized carbons (Fsp3) is 0.545. The summed E-state index contributed by atoms with van der Waals surface area (Å²) in [5.74, 6) is 0.471. The average molecular weight is 367 g/mol. The van der Waals surface area contributed by atoms with Crippen LogP contribution in [0.3, 0.4) is 0 Å². The fourth-order valence-corrected chi connectivity index (χ4v) is 4.52. The summed E-state index contributed by atoms with van der Waals surface area (Å²) in [7, 11) is 0. The van der Waals surface area contributed by atoms with Crippen LogP contribution in [0, 0.1) is 5.92 Å². The topological polar surface area (TPSA) is 58.4 Å². The first-order valence-electron chi connectivity index (χ1n) is 10.1. The number of likely N-dealkylation sites (tertiary alicyclic amines) is 1. The number of para-hydroxylation sites is 1. The highest BCUT2D eigenvalue weighted by Gasteiger charge is 2.44. The first kappa shape index (κ1) is 18.2. The molecule has 1 saturated heterocycles. The van der Waals surface area contributed by atoms with E-state index >= 15 is 0 Å². The summed E-state index contributed by atoms with van der Waals surface area (Å²) >= 11 is 0. The molecule has 1 aliphatic heterocycles. The van der Waals surface area contributed by atoms with Crippen molar-refractivity contribution in [2.45, 2.75) is 57.5 Å². The molecule has 0 unspecified atom stereocenters. The van der Waals surface area contributed by atoms with Gasteiger partial charge < -0.3 is 10.0 Å². The first-order valence-corrected chi connectivity index (χ1v) is 10.1. The summed E-state index contributed by atoms with van der Waals surface area (Å²) in [5, 5.41) is 15.6. The number of piperidine rings is 1. The summed E-state index contributed by atoms with van der Waals surface area (Å²) in [6.07, 6.45) is 4.81. The normalized spacial score (nSPS) is 25.5. The molecule has 5 nitrogen and oxygen atoms in total. The summed E-state index contributed by atoms with van der Waals surface area (Å²) < 4.78 is 1.78. The Kier molecular flexibility index (Phi) is 4.81. The monoisotopic (exact) mass is 367 g/mol. The second-order valence-electron chi connectivity index (χ2n) is 8.40. The van der Waals surface area contributed by atoms with E-state index in [2.05, 4.69) is 13.8 Å². The highest BCUT2D eigenvalue weighted by molar-refractivity contribution is 5.93. The van der Waals surface area contributed by atoms with Gasteiger partial charge in [-0.15, -0.1) is 0 Å². The van der Waals surface area contributed by atoms with Crippen molar-refractivity contribution >= 4 is 5.91 Å². The third kappa shape index (κ3) is 3.41. The molecule has 1 aromatic heterocycles. The molecule has 2 aromatic rings. The molecular weight excluding hydrogens is 338 g/mol. The molecule has 2 heterocycles. The van der Waals surface area contributed by atoms with Gasteiger partial charge in [0.2, 0.25) is 0 Å². The van der Waals surface area contributed by atoms with Gasteiger partial charge in [0.05, 0.1) is 17.0 Å². The Morgan fingerprint density at radius 1 is 1.22 bits per heavy atom. The Morgan fingerprint density at radius 3 is 2.74 bits per heavy atom. The summed E-state index contributed by atoms with van der Waals surface area (Å²) in [4.78, 5) is 15.3. The minimum absolute atomic E-state index is 0.0193. The van der Waals surface area contributed by atoms with Gasteiger partial charge in [-0.3, -0.25) is 4.79 Å². The Bertz CT molecular complexity index is 814.